The molecule has 0 radical (unpaired) electrons. The van der Waals surface area contributed by atoms with Crippen molar-refractivity contribution in [3.8, 4) is 0 Å². The van der Waals surface area contributed by atoms with Crippen molar-refractivity contribution in [1.82, 2.24) is 4.90 Å². The van der Waals surface area contributed by atoms with Gasteiger partial charge in [-0.05, 0) is 40.1 Å². The van der Waals surface area contributed by atoms with E-state index < -0.39 is 11.4 Å². The predicted octanol–water partition coefficient (Wildman–Crippen LogP) is 3.09. The van der Waals surface area contributed by atoms with E-state index in [4.69, 9.17) is 4.42 Å². The second kappa shape index (κ2) is 4.21. The van der Waals surface area contributed by atoms with Gasteiger partial charge in [0, 0.05) is 5.39 Å². The van der Waals surface area contributed by atoms with Crippen LogP contribution in [0.5, 0.6) is 0 Å². The Hall–Kier alpha value is -1.68. The molecule has 0 aliphatic heterocycles. The molecule has 0 amide bonds. The molecule has 0 aliphatic carbocycles. The summed E-state index contributed by atoms with van der Waals surface area (Å²) < 4.78 is 18.8. The third kappa shape index (κ3) is 1.93. The van der Waals surface area contributed by atoms with E-state index in [0.29, 0.717) is 5.39 Å². The van der Waals surface area contributed by atoms with Crippen molar-refractivity contribution in [2.45, 2.75) is 19.4 Å². The Balaban J connectivity index is 2.50. The number of para-hydroxylation sites is 1. The van der Waals surface area contributed by atoms with Gasteiger partial charge < -0.3 is 4.42 Å². The molecule has 96 valence electrons. The smallest absolute Gasteiger partial charge is 0.217 e. The van der Waals surface area contributed by atoms with Crippen molar-refractivity contribution in [2.75, 3.05) is 14.1 Å². The van der Waals surface area contributed by atoms with Crippen LogP contribution in [0, 0.1) is 5.82 Å². The molecule has 0 fully saturated rings. The average molecular weight is 249 g/mol. The minimum atomic E-state index is -0.690. The lowest BCUT2D eigenvalue weighted by Crippen LogP contribution is -2.45. The highest BCUT2D eigenvalue weighted by atomic mass is 19.1. The lowest BCUT2D eigenvalue weighted by Gasteiger charge is -2.29. The number of benzene rings is 1. The molecule has 2 aromatic rings. The first-order chi connectivity index (χ1) is 8.34. The van der Waals surface area contributed by atoms with E-state index in [-0.39, 0.29) is 17.1 Å². The molecule has 0 bridgehead atoms. The number of carbonyl (C=O) groups excluding carboxylic acids is 1. The largest absolute Gasteiger partial charge is 0.450 e. The minimum absolute atomic E-state index is 0.135. The molecule has 1 aromatic heterocycles. The summed E-state index contributed by atoms with van der Waals surface area (Å²) in [5, 5.41) is 0.605. The fourth-order valence-corrected chi connectivity index (χ4v) is 1.64. The van der Waals surface area contributed by atoms with Gasteiger partial charge in [-0.15, -0.1) is 0 Å². The van der Waals surface area contributed by atoms with Gasteiger partial charge in [0.15, 0.2) is 17.2 Å². The summed E-state index contributed by atoms with van der Waals surface area (Å²) in [6, 6.07) is 6.23. The maximum atomic E-state index is 13.5. The monoisotopic (exact) mass is 249 g/mol. The standard InChI is InChI=1S/C14H16FNO2/c1-14(2,16(3)4)13(17)11-8-9-6-5-7-10(15)12(9)18-11/h5-8H,1-4H3. The van der Waals surface area contributed by atoms with Crippen molar-refractivity contribution in [1.29, 1.82) is 0 Å². The van der Waals surface area contributed by atoms with Crippen molar-refractivity contribution in [3.63, 3.8) is 0 Å². The van der Waals surface area contributed by atoms with E-state index in [2.05, 4.69) is 0 Å². The zero-order valence-corrected chi connectivity index (χ0v) is 11.0. The van der Waals surface area contributed by atoms with Crippen LogP contribution in [0.1, 0.15) is 24.4 Å². The van der Waals surface area contributed by atoms with Crippen LogP contribution in [0.2, 0.25) is 0 Å². The van der Waals surface area contributed by atoms with Crippen molar-refractivity contribution < 1.29 is 13.6 Å². The molecule has 0 unspecified atom stereocenters. The molecule has 0 spiro atoms. The van der Waals surface area contributed by atoms with Crippen LogP contribution in [-0.2, 0) is 0 Å². The molecule has 2 rings (SSSR count). The number of carbonyl (C=O) groups is 1. The van der Waals surface area contributed by atoms with Crippen LogP contribution in [0.25, 0.3) is 11.0 Å². The molecule has 0 N–H and O–H groups in total. The van der Waals surface area contributed by atoms with Gasteiger partial charge in [-0.3, -0.25) is 9.69 Å². The Morgan fingerprint density at radius 3 is 2.56 bits per heavy atom. The van der Waals surface area contributed by atoms with E-state index in [0.717, 1.165) is 0 Å². The Labute approximate surface area is 105 Å². The summed E-state index contributed by atoms with van der Waals surface area (Å²) in [5.41, 5.74) is -0.555. The van der Waals surface area contributed by atoms with Crippen LogP contribution < -0.4 is 0 Å². The Morgan fingerprint density at radius 2 is 2.00 bits per heavy atom. The number of Topliss-reactive ketones (excluding diaryl/α,β-unsaturated/α-hetero) is 1. The summed E-state index contributed by atoms with van der Waals surface area (Å²) in [6.45, 7) is 3.61. The molecular weight excluding hydrogens is 233 g/mol. The predicted molar refractivity (Wildman–Crippen MR) is 68.3 cm³/mol. The number of fused-ring (bicyclic) bond motifs is 1. The lowest BCUT2D eigenvalue weighted by molar-refractivity contribution is 0.0727. The van der Waals surface area contributed by atoms with Gasteiger partial charge in [0.2, 0.25) is 5.78 Å². The molecule has 1 aromatic carbocycles. The molecule has 0 saturated carbocycles. The summed E-state index contributed by atoms with van der Waals surface area (Å²) >= 11 is 0. The number of rotatable bonds is 3. The van der Waals surface area contributed by atoms with Crippen LogP contribution in [0.15, 0.2) is 28.7 Å². The van der Waals surface area contributed by atoms with Crippen LogP contribution in [0.3, 0.4) is 0 Å². The van der Waals surface area contributed by atoms with Crippen molar-refractivity contribution >= 4 is 16.8 Å². The fourth-order valence-electron chi connectivity index (χ4n) is 1.64. The number of halogens is 1. The van der Waals surface area contributed by atoms with E-state index in [1.54, 1.807) is 36.9 Å². The summed E-state index contributed by atoms with van der Waals surface area (Å²) in [4.78, 5) is 14.1. The summed E-state index contributed by atoms with van der Waals surface area (Å²) in [6.07, 6.45) is 0. The fraction of sp³-hybridized carbons (Fsp3) is 0.357. The third-order valence-corrected chi connectivity index (χ3v) is 3.39. The number of hydrogen-bond donors (Lipinski definition) is 0. The van der Waals surface area contributed by atoms with Gasteiger partial charge in [0.25, 0.3) is 0 Å². The SMILES string of the molecule is CN(C)C(C)(C)C(=O)c1cc2cccc(F)c2o1. The first-order valence-corrected chi connectivity index (χ1v) is 5.74. The summed E-state index contributed by atoms with van der Waals surface area (Å²) in [7, 11) is 3.64. The van der Waals surface area contributed by atoms with Gasteiger partial charge in [-0.1, -0.05) is 12.1 Å². The van der Waals surface area contributed by atoms with Gasteiger partial charge in [0.05, 0.1) is 5.54 Å². The Bertz CT molecular complexity index is 599. The molecule has 0 aliphatic rings. The number of nitrogens with zero attached hydrogens (tertiary/aromatic N) is 1. The molecular formula is C14H16FNO2. The van der Waals surface area contributed by atoms with Gasteiger partial charge in [-0.2, -0.15) is 0 Å². The maximum absolute atomic E-state index is 13.5. The van der Waals surface area contributed by atoms with E-state index >= 15 is 0 Å². The van der Waals surface area contributed by atoms with Crippen molar-refractivity contribution in [2.24, 2.45) is 0 Å². The van der Waals surface area contributed by atoms with E-state index in [1.807, 2.05) is 14.1 Å². The quantitative estimate of drug-likeness (QED) is 0.784. The number of ketones is 1. The molecule has 4 heteroatoms. The van der Waals surface area contributed by atoms with E-state index in [9.17, 15) is 9.18 Å². The van der Waals surface area contributed by atoms with Gasteiger partial charge >= 0.3 is 0 Å². The number of hydrogen-bond acceptors (Lipinski definition) is 3. The Morgan fingerprint density at radius 1 is 1.33 bits per heavy atom. The molecule has 0 atom stereocenters. The lowest BCUT2D eigenvalue weighted by atomic mass is 9.96. The first kappa shape index (κ1) is 12.8. The number of likely N-dealkylation sites (N-methyl/N-ethyl adjacent to an activating group) is 1. The topological polar surface area (TPSA) is 33.5 Å². The van der Waals surface area contributed by atoms with Crippen LogP contribution >= 0.6 is 0 Å². The van der Waals surface area contributed by atoms with Crippen molar-refractivity contribution in [3.05, 3.63) is 35.8 Å². The van der Waals surface area contributed by atoms with Gasteiger partial charge in [-0.25, -0.2) is 4.39 Å². The summed E-state index contributed by atoms with van der Waals surface area (Å²) in [5.74, 6) is -0.425. The van der Waals surface area contributed by atoms with Crippen LogP contribution in [0.4, 0.5) is 4.39 Å². The van der Waals surface area contributed by atoms with E-state index in [1.165, 1.54) is 6.07 Å². The third-order valence-electron chi connectivity index (χ3n) is 3.39. The molecule has 18 heavy (non-hydrogen) atoms. The second-order valence-electron chi connectivity index (χ2n) is 5.05. The number of furan rings is 1. The second-order valence-corrected chi connectivity index (χ2v) is 5.05. The van der Waals surface area contributed by atoms with Crippen LogP contribution in [-0.4, -0.2) is 30.3 Å². The van der Waals surface area contributed by atoms with Gasteiger partial charge in [0.1, 0.15) is 0 Å². The maximum Gasteiger partial charge on any atom is 0.217 e. The normalized spacial score (nSPS) is 12.3. The molecule has 3 nitrogen and oxygen atoms in total. The highest BCUT2D eigenvalue weighted by molar-refractivity contribution is 6.03. The Kier molecular flexibility index (Phi) is 2.99. The highest BCUT2D eigenvalue weighted by Crippen LogP contribution is 2.26. The average Bonchev–Trinajstić information content (AvgIpc) is 2.73. The zero-order valence-electron chi connectivity index (χ0n) is 11.0. The highest BCUT2D eigenvalue weighted by Gasteiger charge is 2.33. The first-order valence-electron chi connectivity index (χ1n) is 5.74. The molecule has 1 heterocycles. The zero-order chi connectivity index (χ0) is 13.5. The minimum Gasteiger partial charge on any atom is -0.450 e. The molecule has 0 saturated heterocycles.